The average Bonchev–Trinajstić information content (AvgIpc) is 2.88. The number of halogens is 3. The van der Waals surface area contributed by atoms with E-state index in [0.717, 1.165) is 6.07 Å². The highest BCUT2D eigenvalue weighted by Gasteiger charge is 2.42. The molecule has 1 fully saturated rings. The first kappa shape index (κ1) is 17.9. The molecule has 1 saturated heterocycles. The van der Waals surface area contributed by atoms with Gasteiger partial charge >= 0.3 is 18.4 Å². The summed E-state index contributed by atoms with van der Waals surface area (Å²) in [5.74, 6) is -1.37. The van der Waals surface area contributed by atoms with Gasteiger partial charge in [0.1, 0.15) is 5.75 Å². The van der Waals surface area contributed by atoms with Crippen LogP contribution in [0, 0.1) is 5.41 Å². The van der Waals surface area contributed by atoms with Crippen LogP contribution >= 0.6 is 0 Å². The SMILES string of the molecule is CC1(C(=O)O)CCN(C(=O)NCc2ccccc2OC(F)(F)F)C1. The predicted octanol–water partition coefficient (Wildman–Crippen LogP) is 2.59. The monoisotopic (exact) mass is 346 g/mol. The van der Waals surface area contributed by atoms with E-state index in [0.29, 0.717) is 6.42 Å². The number of urea groups is 1. The molecule has 0 radical (unpaired) electrons. The third-order valence-corrected chi connectivity index (χ3v) is 3.91. The van der Waals surface area contributed by atoms with E-state index in [2.05, 4.69) is 10.1 Å². The summed E-state index contributed by atoms with van der Waals surface area (Å²) in [5, 5.41) is 11.6. The highest BCUT2D eigenvalue weighted by atomic mass is 19.4. The minimum Gasteiger partial charge on any atom is -0.481 e. The molecule has 9 heteroatoms. The van der Waals surface area contributed by atoms with Crippen LogP contribution in [0.5, 0.6) is 5.75 Å². The maximum Gasteiger partial charge on any atom is 0.573 e. The van der Waals surface area contributed by atoms with Crippen molar-refractivity contribution in [2.24, 2.45) is 5.41 Å². The molecule has 6 nitrogen and oxygen atoms in total. The van der Waals surface area contributed by atoms with Gasteiger partial charge in [-0.25, -0.2) is 4.79 Å². The Labute approximate surface area is 136 Å². The Morgan fingerprint density at radius 2 is 2.04 bits per heavy atom. The molecular weight excluding hydrogens is 329 g/mol. The number of hydrogen-bond acceptors (Lipinski definition) is 3. The van der Waals surface area contributed by atoms with E-state index in [1.165, 1.54) is 23.1 Å². The number of para-hydroxylation sites is 1. The van der Waals surface area contributed by atoms with Crippen LogP contribution in [0.1, 0.15) is 18.9 Å². The summed E-state index contributed by atoms with van der Waals surface area (Å²) in [4.78, 5) is 24.6. The topological polar surface area (TPSA) is 78.9 Å². The Hall–Kier alpha value is -2.45. The molecule has 0 aliphatic carbocycles. The molecule has 2 N–H and O–H groups in total. The normalized spacial score (nSPS) is 20.8. The second-order valence-electron chi connectivity index (χ2n) is 5.85. The molecule has 132 valence electrons. The van der Waals surface area contributed by atoms with Gasteiger partial charge in [0.25, 0.3) is 0 Å². The number of amides is 2. The molecule has 1 aromatic rings. The molecule has 2 amide bonds. The van der Waals surface area contributed by atoms with Gasteiger partial charge in [-0.1, -0.05) is 18.2 Å². The number of hydrogen-bond donors (Lipinski definition) is 2. The highest BCUT2D eigenvalue weighted by Crippen LogP contribution is 2.30. The number of carbonyl (C=O) groups excluding carboxylic acids is 1. The number of carbonyl (C=O) groups is 2. The van der Waals surface area contributed by atoms with Crippen molar-refractivity contribution in [3.63, 3.8) is 0 Å². The van der Waals surface area contributed by atoms with Crippen molar-refractivity contribution in [1.29, 1.82) is 0 Å². The van der Waals surface area contributed by atoms with Gasteiger partial charge in [0, 0.05) is 25.2 Å². The van der Waals surface area contributed by atoms with Gasteiger partial charge < -0.3 is 20.1 Å². The van der Waals surface area contributed by atoms with Gasteiger partial charge in [0.05, 0.1) is 5.41 Å². The summed E-state index contributed by atoms with van der Waals surface area (Å²) < 4.78 is 41.0. The highest BCUT2D eigenvalue weighted by molar-refractivity contribution is 5.79. The number of likely N-dealkylation sites (tertiary alicyclic amines) is 1. The molecule has 1 unspecified atom stereocenters. The van der Waals surface area contributed by atoms with Crippen molar-refractivity contribution >= 4 is 12.0 Å². The smallest absolute Gasteiger partial charge is 0.481 e. The van der Waals surface area contributed by atoms with E-state index in [-0.39, 0.29) is 30.9 Å². The minimum atomic E-state index is -4.82. The fourth-order valence-corrected chi connectivity index (χ4v) is 2.47. The van der Waals surface area contributed by atoms with Crippen LogP contribution in [-0.4, -0.2) is 41.5 Å². The largest absolute Gasteiger partial charge is 0.573 e. The van der Waals surface area contributed by atoms with E-state index >= 15 is 0 Å². The van der Waals surface area contributed by atoms with Crippen LogP contribution in [-0.2, 0) is 11.3 Å². The summed E-state index contributed by atoms with van der Waals surface area (Å²) in [6.45, 7) is 1.71. The van der Waals surface area contributed by atoms with Gasteiger partial charge in [-0.2, -0.15) is 0 Å². The Morgan fingerprint density at radius 3 is 2.62 bits per heavy atom. The molecule has 2 rings (SSSR count). The Morgan fingerprint density at radius 1 is 1.38 bits per heavy atom. The van der Waals surface area contributed by atoms with Gasteiger partial charge in [0.2, 0.25) is 0 Å². The van der Waals surface area contributed by atoms with Gasteiger partial charge in [-0.05, 0) is 19.4 Å². The number of carboxylic acid groups (broad SMARTS) is 1. The zero-order chi connectivity index (χ0) is 18.0. The van der Waals surface area contributed by atoms with Crippen LogP contribution in [0.15, 0.2) is 24.3 Å². The first-order valence-electron chi connectivity index (χ1n) is 7.20. The summed E-state index contributed by atoms with van der Waals surface area (Å²) >= 11 is 0. The van der Waals surface area contributed by atoms with Gasteiger partial charge in [-0.3, -0.25) is 4.79 Å². The fourth-order valence-electron chi connectivity index (χ4n) is 2.47. The van der Waals surface area contributed by atoms with Crippen molar-refractivity contribution in [2.45, 2.75) is 26.3 Å². The van der Waals surface area contributed by atoms with Crippen molar-refractivity contribution < 1.29 is 32.6 Å². The fraction of sp³-hybridized carbons (Fsp3) is 0.467. The molecule has 1 aliphatic rings. The third kappa shape index (κ3) is 4.30. The molecule has 1 heterocycles. The van der Waals surface area contributed by atoms with Crippen molar-refractivity contribution in [3.8, 4) is 5.75 Å². The maximum absolute atomic E-state index is 12.4. The quantitative estimate of drug-likeness (QED) is 0.878. The molecule has 0 saturated carbocycles. The summed E-state index contributed by atoms with van der Waals surface area (Å²) in [6, 6.07) is 4.97. The maximum atomic E-state index is 12.4. The Kier molecular flexibility index (Phi) is 4.91. The number of carboxylic acids is 1. The number of ether oxygens (including phenoxy) is 1. The van der Waals surface area contributed by atoms with E-state index in [1.54, 1.807) is 6.92 Å². The summed E-state index contributed by atoms with van der Waals surface area (Å²) in [6.07, 6.45) is -4.50. The van der Waals surface area contributed by atoms with Crippen molar-refractivity contribution in [1.82, 2.24) is 10.2 Å². The molecule has 24 heavy (non-hydrogen) atoms. The lowest BCUT2D eigenvalue weighted by molar-refractivity contribution is -0.274. The minimum absolute atomic E-state index is 0.0505. The first-order chi connectivity index (χ1) is 11.1. The van der Waals surface area contributed by atoms with Crippen molar-refractivity contribution in [2.75, 3.05) is 13.1 Å². The number of rotatable bonds is 4. The standard InChI is InChI=1S/C15H17F3N2O4/c1-14(12(21)22)6-7-20(9-14)13(23)19-8-10-4-2-3-5-11(10)24-15(16,17)18/h2-5H,6-9H2,1H3,(H,19,23)(H,21,22). The number of benzene rings is 1. The molecule has 1 aromatic carbocycles. The molecule has 0 aromatic heterocycles. The number of alkyl halides is 3. The van der Waals surface area contributed by atoms with Crippen LogP contribution < -0.4 is 10.1 Å². The van der Waals surface area contributed by atoms with Crippen molar-refractivity contribution in [3.05, 3.63) is 29.8 Å². The average molecular weight is 346 g/mol. The molecular formula is C15H17F3N2O4. The van der Waals surface area contributed by atoms with Crippen LogP contribution in [0.3, 0.4) is 0 Å². The van der Waals surface area contributed by atoms with E-state index in [9.17, 15) is 22.8 Å². The summed E-state index contributed by atoms with van der Waals surface area (Å²) in [5.41, 5.74) is -0.836. The molecule has 1 atom stereocenters. The lowest BCUT2D eigenvalue weighted by Crippen LogP contribution is -2.40. The van der Waals surface area contributed by atoms with E-state index < -0.39 is 23.8 Å². The van der Waals surface area contributed by atoms with Crippen LogP contribution in [0.4, 0.5) is 18.0 Å². The molecule has 1 aliphatic heterocycles. The lowest BCUT2D eigenvalue weighted by atomic mass is 9.90. The zero-order valence-corrected chi connectivity index (χ0v) is 12.9. The van der Waals surface area contributed by atoms with Crippen LogP contribution in [0.25, 0.3) is 0 Å². The van der Waals surface area contributed by atoms with Gasteiger partial charge in [0.15, 0.2) is 0 Å². The summed E-state index contributed by atoms with van der Waals surface area (Å²) in [7, 11) is 0. The number of aliphatic carboxylic acids is 1. The second-order valence-corrected chi connectivity index (χ2v) is 5.85. The Balaban J connectivity index is 1.97. The van der Waals surface area contributed by atoms with Gasteiger partial charge in [-0.15, -0.1) is 13.2 Å². The van der Waals surface area contributed by atoms with Crippen LogP contribution in [0.2, 0.25) is 0 Å². The zero-order valence-electron chi connectivity index (χ0n) is 12.9. The molecule has 0 spiro atoms. The number of nitrogens with zero attached hydrogens (tertiary/aromatic N) is 1. The Bertz CT molecular complexity index is 635. The first-order valence-corrected chi connectivity index (χ1v) is 7.20. The van der Waals surface area contributed by atoms with E-state index in [4.69, 9.17) is 5.11 Å². The number of nitrogens with one attached hydrogen (secondary N) is 1. The predicted molar refractivity (Wildman–Crippen MR) is 77.3 cm³/mol. The van der Waals surface area contributed by atoms with E-state index in [1.807, 2.05) is 0 Å². The second kappa shape index (κ2) is 6.58. The molecule has 0 bridgehead atoms. The lowest BCUT2D eigenvalue weighted by Gasteiger charge is -2.21. The third-order valence-electron chi connectivity index (χ3n) is 3.91.